The predicted octanol–water partition coefficient (Wildman–Crippen LogP) is 4.67. The highest BCUT2D eigenvalue weighted by Gasteiger charge is 2.63. The molecule has 0 aliphatic heterocycles. The third-order valence-electron chi connectivity index (χ3n) is 6.15. The molecule has 2 aromatic carbocycles. The van der Waals surface area contributed by atoms with Gasteiger partial charge in [-0.2, -0.15) is 13.2 Å². The number of fused-ring (bicyclic) bond motifs is 2. The first-order valence-electron chi connectivity index (χ1n) is 9.69. The molecule has 30 heavy (non-hydrogen) atoms. The molecule has 0 spiro atoms. The summed E-state index contributed by atoms with van der Waals surface area (Å²) in [7, 11) is 1.61. The Bertz CT molecular complexity index is 1180. The van der Waals surface area contributed by atoms with Gasteiger partial charge in [-0.1, -0.05) is 44.2 Å². The molecule has 2 unspecified atom stereocenters. The van der Waals surface area contributed by atoms with E-state index in [0.29, 0.717) is 22.2 Å². The minimum absolute atomic E-state index is 0.212. The highest BCUT2D eigenvalue weighted by Crippen LogP contribution is 2.54. The molecule has 1 aromatic heterocycles. The number of hydrogen-bond acceptors (Lipinski definition) is 3. The molecular formula is C23H23F3N2O2. The van der Waals surface area contributed by atoms with E-state index in [0.717, 1.165) is 5.56 Å². The summed E-state index contributed by atoms with van der Waals surface area (Å²) in [6.45, 7) is 3.43. The van der Waals surface area contributed by atoms with Gasteiger partial charge < -0.3 is 15.0 Å². The number of aromatic nitrogens is 1. The zero-order chi connectivity index (χ0) is 21.9. The van der Waals surface area contributed by atoms with E-state index in [4.69, 9.17) is 0 Å². The molecule has 7 heteroatoms. The van der Waals surface area contributed by atoms with Crippen LogP contribution in [0.5, 0.6) is 0 Å². The van der Waals surface area contributed by atoms with Crippen LogP contribution in [0.25, 0.3) is 10.9 Å². The van der Waals surface area contributed by atoms with Crippen LogP contribution in [0.1, 0.15) is 37.4 Å². The molecule has 0 fully saturated rings. The molecule has 4 nitrogen and oxygen atoms in total. The lowest BCUT2D eigenvalue weighted by Gasteiger charge is -2.49. The van der Waals surface area contributed by atoms with Gasteiger partial charge in [0.2, 0.25) is 0 Å². The number of hydrogen-bond donors (Lipinski definition) is 2. The molecule has 158 valence electrons. The number of aryl methyl sites for hydroxylation is 1. The maximum atomic E-state index is 14.2. The van der Waals surface area contributed by atoms with Gasteiger partial charge in [0.25, 0.3) is 5.56 Å². The first kappa shape index (κ1) is 20.5. The van der Waals surface area contributed by atoms with Gasteiger partial charge in [-0.05, 0) is 41.2 Å². The van der Waals surface area contributed by atoms with Gasteiger partial charge in [-0.3, -0.25) is 4.79 Å². The van der Waals surface area contributed by atoms with Crippen LogP contribution in [0.15, 0.2) is 59.4 Å². The maximum absolute atomic E-state index is 14.2. The third-order valence-corrected chi connectivity index (χ3v) is 6.15. The van der Waals surface area contributed by atoms with Crippen molar-refractivity contribution in [2.75, 3.05) is 5.32 Å². The largest absolute Gasteiger partial charge is 0.419 e. The van der Waals surface area contributed by atoms with Crippen molar-refractivity contribution in [3.8, 4) is 0 Å². The minimum atomic E-state index is -4.84. The summed E-state index contributed by atoms with van der Waals surface area (Å²) >= 11 is 0. The SMILES string of the molecule is Cn1c(=O)ccc2c(NC3c4ccccc4C(C)(C)CC3(O)C(F)(F)F)cccc21. The number of nitrogens with zero attached hydrogens (tertiary/aromatic N) is 1. The van der Waals surface area contributed by atoms with Crippen molar-refractivity contribution in [2.24, 2.45) is 7.05 Å². The Morgan fingerprint density at radius 1 is 1.07 bits per heavy atom. The summed E-state index contributed by atoms with van der Waals surface area (Å²) in [6.07, 6.45) is -5.31. The van der Waals surface area contributed by atoms with E-state index in [-0.39, 0.29) is 5.56 Å². The summed E-state index contributed by atoms with van der Waals surface area (Å²) in [6, 6.07) is 13.5. The monoisotopic (exact) mass is 416 g/mol. The van der Waals surface area contributed by atoms with E-state index in [1.54, 1.807) is 63.4 Å². The second-order valence-electron chi connectivity index (χ2n) is 8.62. The number of rotatable bonds is 2. The van der Waals surface area contributed by atoms with Crippen LogP contribution < -0.4 is 10.9 Å². The lowest BCUT2D eigenvalue weighted by molar-refractivity contribution is -0.275. The van der Waals surface area contributed by atoms with Gasteiger partial charge in [-0.15, -0.1) is 0 Å². The number of pyridine rings is 1. The van der Waals surface area contributed by atoms with E-state index in [1.807, 2.05) is 6.07 Å². The number of nitrogens with one attached hydrogen (secondary N) is 1. The molecule has 4 rings (SSSR count). The molecule has 0 amide bonds. The first-order chi connectivity index (χ1) is 14.0. The maximum Gasteiger partial charge on any atom is 0.419 e. The standard InChI is InChI=1S/C23H23F3N2O2/c1-21(2)13-22(30,23(24,25)26)20(14-7-4-5-8-16(14)21)27-17-9-6-10-18-15(17)11-12-19(29)28(18)3/h4-12,20,27,30H,13H2,1-3H3. The van der Waals surface area contributed by atoms with Crippen molar-refractivity contribution < 1.29 is 18.3 Å². The molecule has 0 bridgehead atoms. The van der Waals surface area contributed by atoms with E-state index in [9.17, 15) is 23.1 Å². The van der Waals surface area contributed by atoms with Crippen molar-refractivity contribution in [3.05, 3.63) is 76.1 Å². The van der Waals surface area contributed by atoms with Gasteiger partial charge >= 0.3 is 6.18 Å². The molecule has 0 saturated carbocycles. The molecular weight excluding hydrogens is 393 g/mol. The number of benzene rings is 2. The Morgan fingerprint density at radius 2 is 1.77 bits per heavy atom. The quantitative estimate of drug-likeness (QED) is 0.639. The van der Waals surface area contributed by atoms with Gasteiger partial charge in [0.15, 0.2) is 5.60 Å². The van der Waals surface area contributed by atoms with Crippen LogP contribution in [-0.2, 0) is 12.5 Å². The topological polar surface area (TPSA) is 54.3 Å². The molecule has 3 aromatic rings. The van der Waals surface area contributed by atoms with Crippen LogP contribution >= 0.6 is 0 Å². The van der Waals surface area contributed by atoms with E-state index >= 15 is 0 Å². The first-order valence-corrected chi connectivity index (χ1v) is 9.69. The summed E-state index contributed by atoms with van der Waals surface area (Å²) in [4.78, 5) is 12.0. The fourth-order valence-electron chi connectivity index (χ4n) is 4.64. The van der Waals surface area contributed by atoms with Crippen molar-refractivity contribution >= 4 is 16.6 Å². The number of aliphatic hydroxyl groups is 1. The molecule has 2 atom stereocenters. The van der Waals surface area contributed by atoms with Gasteiger partial charge in [0.05, 0.1) is 11.6 Å². The van der Waals surface area contributed by atoms with Crippen LogP contribution in [0.4, 0.5) is 18.9 Å². The molecule has 0 saturated heterocycles. The summed E-state index contributed by atoms with van der Waals surface area (Å²) in [5, 5.41) is 14.6. The number of halogens is 3. The molecule has 0 radical (unpaired) electrons. The fraction of sp³-hybridized carbons (Fsp3) is 0.348. The fourth-order valence-corrected chi connectivity index (χ4v) is 4.64. The second-order valence-corrected chi connectivity index (χ2v) is 8.62. The molecule has 1 heterocycles. The lowest BCUT2D eigenvalue weighted by Crippen LogP contribution is -2.58. The average Bonchev–Trinajstić information content (AvgIpc) is 2.67. The summed E-state index contributed by atoms with van der Waals surface area (Å²) in [5.74, 6) is 0. The molecule has 1 aliphatic rings. The highest BCUT2D eigenvalue weighted by molar-refractivity contribution is 5.91. The minimum Gasteiger partial charge on any atom is -0.379 e. The number of anilines is 1. The Hall–Kier alpha value is -2.80. The zero-order valence-electron chi connectivity index (χ0n) is 16.9. The van der Waals surface area contributed by atoms with E-state index < -0.39 is 29.7 Å². The van der Waals surface area contributed by atoms with Crippen molar-refractivity contribution in [1.82, 2.24) is 4.57 Å². The van der Waals surface area contributed by atoms with E-state index in [1.165, 1.54) is 10.6 Å². The van der Waals surface area contributed by atoms with Gasteiger partial charge in [0.1, 0.15) is 0 Å². The average molecular weight is 416 g/mol. The lowest BCUT2D eigenvalue weighted by atomic mass is 9.63. The third kappa shape index (κ3) is 2.99. The summed E-state index contributed by atoms with van der Waals surface area (Å²) < 4.78 is 44.1. The highest BCUT2D eigenvalue weighted by atomic mass is 19.4. The predicted molar refractivity (Wildman–Crippen MR) is 111 cm³/mol. The Morgan fingerprint density at radius 3 is 2.47 bits per heavy atom. The second kappa shape index (κ2) is 6.60. The van der Waals surface area contributed by atoms with Crippen LogP contribution in [0.3, 0.4) is 0 Å². The Balaban J connectivity index is 1.93. The van der Waals surface area contributed by atoms with Crippen molar-refractivity contribution in [1.29, 1.82) is 0 Å². The Labute approximate surface area is 172 Å². The normalized spacial score (nSPS) is 23.2. The number of alkyl halides is 3. The molecule has 2 N–H and O–H groups in total. The smallest absolute Gasteiger partial charge is 0.379 e. The zero-order valence-corrected chi connectivity index (χ0v) is 16.9. The van der Waals surface area contributed by atoms with Crippen molar-refractivity contribution in [3.63, 3.8) is 0 Å². The van der Waals surface area contributed by atoms with Crippen molar-refractivity contribution in [2.45, 2.75) is 43.5 Å². The van der Waals surface area contributed by atoms with Gasteiger partial charge in [0, 0.05) is 24.2 Å². The van der Waals surface area contributed by atoms with Crippen LogP contribution in [0, 0.1) is 0 Å². The summed E-state index contributed by atoms with van der Waals surface area (Å²) in [5.41, 5.74) is -1.84. The van der Waals surface area contributed by atoms with Crippen LogP contribution in [0.2, 0.25) is 0 Å². The van der Waals surface area contributed by atoms with Crippen LogP contribution in [-0.4, -0.2) is 21.5 Å². The van der Waals surface area contributed by atoms with Gasteiger partial charge in [-0.25, -0.2) is 0 Å². The van der Waals surface area contributed by atoms with E-state index in [2.05, 4.69) is 5.32 Å². The Kier molecular flexibility index (Phi) is 4.51. The molecule has 1 aliphatic carbocycles.